The summed E-state index contributed by atoms with van der Waals surface area (Å²) >= 11 is 1.75. The fourth-order valence-electron chi connectivity index (χ4n) is 2.56. The average molecular weight is 251 g/mol. The van der Waals surface area contributed by atoms with Gasteiger partial charge in [0.2, 0.25) is 0 Å². The molecule has 1 atom stereocenters. The summed E-state index contributed by atoms with van der Waals surface area (Å²) in [6.07, 6.45) is 5.89. The molecule has 0 aromatic heterocycles. The van der Waals surface area contributed by atoms with Crippen LogP contribution in [0.2, 0.25) is 0 Å². The maximum absolute atomic E-state index is 9.50. The molecule has 1 aromatic rings. The van der Waals surface area contributed by atoms with E-state index in [1.54, 1.807) is 11.8 Å². The van der Waals surface area contributed by atoms with E-state index < -0.39 is 0 Å². The van der Waals surface area contributed by atoms with Gasteiger partial charge >= 0.3 is 0 Å². The lowest BCUT2D eigenvalue weighted by Gasteiger charge is -2.30. The Morgan fingerprint density at radius 1 is 1.18 bits per heavy atom. The van der Waals surface area contributed by atoms with Crippen molar-refractivity contribution in [3.05, 3.63) is 29.8 Å². The average Bonchev–Trinajstić information content (AvgIpc) is 2.39. The zero-order valence-electron chi connectivity index (χ0n) is 10.3. The Labute approximate surface area is 108 Å². The molecule has 2 nitrogen and oxygen atoms in total. The van der Waals surface area contributed by atoms with Crippen molar-refractivity contribution < 1.29 is 5.11 Å². The molecule has 1 aliphatic carbocycles. The lowest BCUT2D eigenvalue weighted by molar-refractivity contribution is 0.102. The lowest BCUT2D eigenvalue weighted by atomic mass is 9.80. The van der Waals surface area contributed by atoms with Crippen molar-refractivity contribution in [3.63, 3.8) is 0 Å². The van der Waals surface area contributed by atoms with Crippen LogP contribution in [-0.2, 0) is 0 Å². The molecule has 0 amide bonds. The highest BCUT2D eigenvalue weighted by Crippen LogP contribution is 2.33. The van der Waals surface area contributed by atoms with Crippen LogP contribution in [-0.4, -0.2) is 17.5 Å². The zero-order valence-corrected chi connectivity index (χ0v) is 11.1. The van der Waals surface area contributed by atoms with E-state index in [-0.39, 0.29) is 12.1 Å². The summed E-state index contributed by atoms with van der Waals surface area (Å²) in [5.41, 5.74) is 7.54. The number of thioether (sulfide) groups is 1. The Bertz CT molecular complexity index is 344. The highest BCUT2D eigenvalue weighted by Gasteiger charge is 2.25. The van der Waals surface area contributed by atoms with E-state index in [0.29, 0.717) is 5.92 Å². The summed E-state index contributed by atoms with van der Waals surface area (Å²) < 4.78 is 0. The molecule has 2 rings (SSSR count). The minimum atomic E-state index is -0.0997. The molecule has 1 unspecified atom stereocenters. The summed E-state index contributed by atoms with van der Waals surface area (Å²) in [7, 11) is 0. The first kappa shape index (κ1) is 12.9. The minimum absolute atomic E-state index is 0.0997. The van der Waals surface area contributed by atoms with E-state index in [1.807, 2.05) is 0 Å². The number of aliphatic hydroxyl groups excluding tert-OH is 1. The van der Waals surface area contributed by atoms with Gasteiger partial charge in [0.25, 0.3) is 0 Å². The highest BCUT2D eigenvalue weighted by molar-refractivity contribution is 7.98. The molecule has 94 valence electrons. The molecule has 0 bridgehead atoms. The van der Waals surface area contributed by atoms with Crippen molar-refractivity contribution in [3.8, 4) is 0 Å². The van der Waals surface area contributed by atoms with Crippen molar-refractivity contribution >= 4 is 11.8 Å². The van der Waals surface area contributed by atoms with E-state index in [4.69, 9.17) is 5.73 Å². The molecule has 3 heteroatoms. The van der Waals surface area contributed by atoms with Crippen molar-refractivity contribution in [2.75, 3.05) is 6.26 Å². The molecule has 1 aromatic carbocycles. The van der Waals surface area contributed by atoms with Crippen LogP contribution in [0.5, 0.6) is 0 Å². The molecule has 17 heavy (non-hydrogen) atoms. The van der Waals surface area contributed by atoms with Crippen LogP contribution in [0.3, 0.4) is 0 Å². The Morgan fingerprint density at radius 2 is 1.76 bits per heavy atom. The number of nitrogens with two attached hydrogens (primary N) is 1. The van der Waals surface area contributed by atoms with Crippen LogP contribution in [0.25, 0.3) is 0 Å². The van der Waals surface area contributed by atoms with Crippen LogP contribution in [0.15, 0.2) is 29.2 Å². The topological polar surface area (TPSA) is 46.2 Å². The van der Waals surface area contributed by atoms with Crippen LogP contribution < -0.4 is 5.73 Å². The SMILES string of the molecule is CSc1ccc(C(N)C2CCC(O)CC2)cc1. The summed E-state index contributed by atoms with van der Waals surface area (Å²) in [4.78, 5) is 1.28. The van der Waals surface area contributed by atoms with Gasteiger partial charge in [-0.2, -0.15) is 0 Å². The molecular weight excluding hydrogens is 230 g/mol. The first-order valence-corrected chi connectivity index (χ1v) is 7.51. The maximum Gasteiger partial charge on any atom is 0.0540 e. The van der Waals surface area contributed by atoms with Crippen molar-refractivity contribution in [1.82, 2.24) is 0 Å². The number of rotatable bonds is 3. The number of benzene rings is 1. The van der Waals surface area contributed by atoms with Gasteiger partial charge in [-0.15, -0.1) is 11.8 Å². The largest absolute Gasteiger partial charge is 0.393 e. The lowest BCUT2D eigenvalue weighted by Crippen LogP contribution is -2.27. The van der Waals surface area contributed by atoms with Gasteiger partial charge in [0.1, 0.15) is 0 Å². The first-order chi connectivity index (χ1) is 8.20. The number of hydrogen-bond acceptors (Lipinski definition) is 3. The smallest absolute Gasteiger partial charge is 0.0540 e. The van der Waals surface area contributed by atoms with Gasteiger partial charge in [-0.1, -0.05) is 12.1 Å². The van der Waals surface area contributed by atoms with Gasteiger partial charge < -0.3 is 10.8 Å². The summed E-state index contributed by atoms with van der Waals surface area (Å²) in [5.74, 6) is 0.526. The Balaban J connectivity index is 2.00. The van der Waals surface area contributed by atoms with E-state index >= 15 is 0 Å². The second kappa shape index (κ2) is 5.89. The molecule has 0 radical (unpaired) electrons. The van der Waals surface area contributed by atoms with E-state index in [1.165, 1.54) is 10.5 Å². The van der Waals surface area contributed by atoms with Gasteiger partial charge in [0.05, 0.1) is 6.10 Å². The van der Waals surface area contributed by atoms with Crippen LogP contribution in [0.4, 0.5) is 0 Å². The van der Waals surface area contributed by atoms with E-state index in [9.17, 15) is 5.11 Å². The highest BCUT2D eigenvalue weighted by atomic mass is 32.2. The van der Waals surface area contributed by atoms with Gasteiger partial charge in [-0.25, -0.2) is 0 Å². The zero-order chi connectivity index (χ0) is 12.3. The van der Waals surface area contributed by atoms with Crippen molar-refractivity contribution in [1.29, 1.82) is 0 Å². The van der Waals surface area contributed by atoms with Gasteiger partial charge in [0, 0.05) is 10.9 Å². The molecule has 0 heterocycles. The number of hydrogen-bond donors (Lipinski definition) is 2. The molecule has 1 fully saturated rings. The first-order valence-electron chi connectivity index (χ1n) is 6.28. The second-order valence-corrected chi connectivity index (χ2v) is 5.75. The second-order valence-electron chi connectivity index (χ2n) is 4.87. The van der Waals surface area contributed by atoms with Gasteiger partial charge in [-0.05, 0) is 55.6 Å². The fourth-order valence-corrected chi connectivity index (χ4v) is 2.97. The summed E-state index contributed by atoms with van der Waals surface area (Å²) in [6, 6.07) is 8.68. The molecule has 0 aliphatic heterocycles. The van der Waals surface area contributed by atoms with Crippen LogP contribution in [0.1, 0.15) is 37.3 Å². The van der Waals surface area contributed by atoms with Crippen molar-refractivity contribution in [2.24, 2.45) is 11.7 Å². The molecule has 3 N–H and O–H groups in total. The summed E-state index contributed by atoms with van der Waals surface area (Å²) in [6.45, 7) is 0. The third kappa shape index (κ3) is 3.24. The molecule has 0 spiro atoms. The monoisotopic (exact) mass is 251 g/mol. The van der Waals surface area contributed by atoms with Crippen LogP contribution >= 0.6 is 11.8 Å². The molecular formula is C14H21NOS. The Hall–Kier alpha value is -0.510. The van der Waals surface area contributed by atoms with E-state index in [0.717, 1.165) is 25.7 Å². The normalized spacial score (nSPS) is 26.8. The quantitative estimate of drug-likeness (QED) is 0.812. The third-order valence-electron chi connectivity index (χ3n) is 3.75. The van der Waals surface area contributed by atoms with Crippen LogP contribution in [0, 0.1) is 5.92 Å². The standard InChI is InChI=1S/C14H21NOS/c1-17-13-8-4-11(5-9-13)14(15)10-2-6-12(16)7-3-10/h4-5,8-10,12,14,16H,2-3,6-7,15H2,1H3. The molecule has 1 saturated carbocycles. The predicted octanol–water partition coefficient (Wildman–Crippen LogP) is 2.96. The minimum Gasteiger partial charge on any atom is -0.393 e. The number of aliphatic hydroxyl groups is 1. The van der Waals surface area contributed by atoms with Gasteiger partial charge in [-0.3, -0.25) is 0 Å². The third-order valence-corrected chi connectivity index (χ3v) is 4.49. The maximum atomic E-state index is 9.50. The van der Waals surface area contributed by atoms with Gasteiger partial charge in [0.15, 0.2) is 0 Å². The Kier molecular flexibility index (Phi) is 4.48. The van der Waals surface area contributed by atoms with Crippen molar-refractivity contribution in [2.45, 2.75) is 42.7 Å². The Morgan fingerprint density at radius 3 is 2.29 bits per heavy atom. The fraction of sp³-hybridized carbons (Fsp3) is 0.571. The summed E-state index contributed by atoms with van der Waals surface area (Å²) in [5, 5.41) is 9.50. The van der Waals surface area contributed by atoms with E-state index in [2.05, 4.69) is 30.5 Å². The molecule has 1 aliphatic rings. The molecule has 0 saturated heterocycles. The predicted molar refractivity (Wildman–Crippen MR) is 73.1 cm³/mol.